The molecular formula is C14H32O5S. The summed E-state index contributed by atoms with van der Waals surface area (Å²) in [4.78, 5) is 0. The van der Waals surface area contributed by atoms with Gasteiger partial charge in [0.25, 0.3) is 0 Å². The fraction of sp³-hybridized carbons (Fsp3) is 1.00. The van der Waals surface area contributed by atoms with Crippen LogP contribution in [0.2, 0.25) is 0 Å². The van der Waals surface area contributed by atoms with Crippen LogP contribution in [0.3, 0.4) is 0 Å². The van der Waals surface area contributed by atoms with Gasteiger partial charge in [0.1, 0.15) is 0 Å². The van der Waals surface area contributed by atoms with Gasteiger partial charge in [-0.15, -0.1) is 0 Å². The van der Waals surface area contributed by atoms with Crippen LogP contribution >= 0.6 is 0 Å². The highest BCUT2D eigenvalue weighted by Crippen LogP contribution is 2.17. The zero-order valence-electron chi connectivity index (χ0n) is 13.1. The summed E-state index contributed by atoms with van der Waals surface area (Å²) in [6.45, 7) is 7.13. The van der Waals surface area contributed by atoms with Crippen molar-refractivity contribution in [2.75, 3.05) is 6.61 Å². The Morgan fingerprint density at radius 2 is 1.25 bits per heavy atom. The Hall–Kier alpha value is -0.170. The molecule has 6 heteroatoms. The molecule has 0 aliphatic heterocycles. The number of hydrogen-bond acceptors (Lipinski definition) is 3. The Morgan fingerprint density at radius 3 is 1.65 bits per heavy atom. The normalized spacial score (nSPS) is 14.3. The average Bonchev–Trinajstić information content (AvgIpc) is 2.33. The average molecular weight is 312 g/mol. The standard InChI is InChI=1S/C14H30O.H2O4S/c1-4-5-9-13(2)10-7-6-8-11-14(3)12-15;1-5(2,3)4/h13-15H,4-12H2,1-3H3;(H2,1,2,3,4). The van der Waals surface area contributed by atoms with Crippen LogP contribution in [0.15, 0.2) is 0 Å². The van der Waals surface area contributed by atoms with Crippen LogP contribution in [0.5, 0.6) is 0 Å². The van der Waals surface area contributed by atoms with Gasteiger partial charge in [-0.3, -0.25) is 9.11 Å². The van der Waals surface area contributed by atoms with Crippen molar-refractivity contribution in [2.24, 2.45) is 11.8 Å². The summed E-state index contributed by atoms with van der Waals surface area (Å²) >= 11 is 0. The molecule has 0 fully saturated rings. The molecule has 0 amide bonds. The molecule has 0 rings (SSSR count). The van der Waals surface area contributed by atoms with Crippen LogP contribution in [0.25, 0.3) is 0 Å². The molecule has 0 saturated carbocycles. The molecule has 5 nitrogen and oxygen atoms in total. The topological polar surface area (TPSA) is 94.8 Å². The zero-order chi connectivity index (χ0) is 16.0. The van der Waals surface area contributed by atoms with Crippen LogP contribution in [-0.2, 0) is 10.4 Å². The lowest BCUT2D eigenvalue weighted by molar-refractivity contribution is 0.227. The number of unbranched alkanes of at least 4 members (excludes halogenated alkanes) is 3. The molecule has 0 heterocycles. The molecule has 0 spiro atoms. The van der Waals surface area contributed by atoms with E-state index in [2.05, 4.69) is 20.8 Å². The Morgan fingerprint density at radius 1 is 0.850 bits per heavy atom. The maximum absolute atomic E-state index is 8.88. The smallest absolute Gasteiger partial charge is 0.394 e. The highest BCUT2D eigenvalue weighted by Gasteiger charge is 2.02. The molecule has 0 radical (unpaired) electrons. The van der Waals surface area contributed by atoms with Crippen molar-refractivity contribution in [1.29, 1.82) is 0 Å². The lowest BCUT2D eigenvalue weighted by Crippen LogP contribution is -2.00. The number of aliphatic hydroxyl groups is 1. The van der Waals surface area contributed by atoms with E-state index in [4.69, 9.17) is 22.6 Å². The summed E-state index contributed by atoms with van der Waals surface area (Å²) in [5.41, 5.74) is 0. The van der Waals surface area contributed by atoms with E-state index >= 15 is 0 Å². The maximum Gasteiger partial charge on any atom is 0.394 e. The molecule has 3 N–H and O–H groups in total. The summed E-state index contributed by atoms with van der Waals surface area (Å²) in [5, 5.41) is 8.88. The highest BCUT2D eigenvalue weighted by molar-refractivity contribution is 7.79. The first kappa shape index (κ1) is 22.1. The van der Waals surface area contributed by atoms with Gasteiger partial charge in [0.15, 0.2) is 0 Å². The van der Waals surface area contributed by atoms with Gasteiger partial charge >= 0.3 is 10.4 Å². The second-order valence-corrected chi connectivity index (χ2v) is 6.52. The molecule has 0 bridgehead atoms. The van der Waals surface area contributed by atoms with Crippen molar-refractivity contribution in [3.05, 3.63) is 0 Å². The number of rotatable bonds is 10. The second-order valence-electron chi connectivity index (χ2n) is 5.62. The molecule has 0 aliphatic carbocycles. The van der Waals surface area contributed by atoms with E-state index in [1.54, 1.807) is 0 Å². The molecule has 0 aromatic heterocycles. The fourth-order valence-corrected chi connectivity index (χ4v) is 1.95. The Bertz CT molecular complexity index is 282. The fourth-order valence-electron chi connectivity index (χ4n) is 1.95. The van der Waals surface area contributed by atoms with Crippen molar-refractivity contribution in [2.45, 2.75) is 72.1 Å². The summed E-state index contributed by atoms with van der Waals surface area (Å²) in [6.07, 6.45) is 10.7. The lowest BCUT2D eigenvalue weighted by atomic mass is 9.96. The Kier molecular flexibility index (Phi) is 15.3. The van der Waals surface area contributed by atoms with Gasteiger partial charge in [0.2, 0.25) is 0 Å². The Labute approximate surface area is 124 Å². The van der Waals surface area contributed by atoms with Crippen LogP contribution in [0, 0.1) is 11.8 Å². The summed E-state index contributed by atoms with van der Waals surface area (Å²) in [6, 6.07) is 0. The quantitative estimate of drug-likeness (QED) is 0.422. The molecule has 0 aliphatic rings. The predicted molar refractivity (Wildman–Crippen MR) is 82.2 cm³/mol. The first-order chi connectivity index (χ1) is 9.20. The van der Waals surface area contributed by atoms with E-state index in [1.807, 2.05) is 0 Å². The zero-order valence-corrected chi connectivity index (χ0v) is 13.9. The van der Waals surface area contributed by atoms with Gasteiger partial charge in [0, 0.05) is 6.61 Å². The van der Waals surface area contributed by atoms with Gasteiger partial charge < -0.3 is 5.11 Å². The van der Waals surface area contributed by atoms with Crippen molar-refractivity contribution < 1.29 is 22.6 Å². The lowest BCUT2D eigenvalue weighted by Gasteiger charge is -2.11. The van der Waals surface area contributed by atoms with E-state index in [9.17, 15) is 0 Å². The van der Waals surface area contributed by atoms with Crippen LogP contribution in [0.4, 0.5) is 0 Å². The van der Waals surface area contributed by atoms with E-state index < -0.39 is 10.4 Å². The third kappa shape index (κ3) is 26.4. The molecule has 2 unspecified atom stereocenters. The van der Waals surface area contributed by atoms with Gasteiger partial charge in [0.05, 0.1) is 0 Å². The first-order valence-corrected chi connectivity index (χ1v) is 8.91. The van der Waals surface area contributed by atoms with E-state index in [0.717, 1.165) is 5.92 Å². The largest absolute Gasteiger partial charge is 0.396 e. The van der Waals surface area contributed by atoms with Crippen molar-refractivity contribution in [1.82, 2.24) is 0 Å². The minimum absolute atomic E-state index is 0.354. The minimum atomic E-state index is -4.67. The number of aliphatic hydroxyl groups excluding tert-OH is 1. The first-order valence-electron chi connectivity index (χ1n) is 7.51. The minimum Gasteiger partial charge on any atom is -0.396 e. The Balaban J connectivity index is 0. The van der Waals surface area contributed by atoms with Crippen molar-refractivity contribution in [3.8, 4) is 0 Å². The van der Waals surface area contributed by atoms with E-state index in [-0.39, 0.29) is 0 Å². The molecule has 0 aromatic carbocycles. The van der Waals surface area contributed by atoms with Crippen LogP contribution < -0.4 is 0 Å². The summed E-state index contributed by atoms with van der Waals surface area (Å²) < 4.78 is 31.6. The summed E-state index contributed by atoms with van der Waals surface area (Å²) in [5.74, 6) is 1.42. The van der Waals surface area contributed by atoms with Crippen LogP contribution in [0.1, 0.15) is 72.1 Å². The SMILES string of the molecule is CCCCC(C)CCCCCC(C)CO.O=S(=O)(O)O. The maximum atomic E-state index is 8.88. The molecule has 0 aromatic rings. The molecule has 124 valence electrons. The molecular weight excluding hydrogens is 280 g/mol. The van der Waals surface area contributed by atoms with Crippen molar-refractivity contribution >= 4 is 10.4 Å². The second kappa shape index (κ2) is 13.8. The van der Waals surface area contributed by atoms with Gasteiger partial charge in [-0.2, -0.15) is 8.42 Å². The van der Waals surface area contributed by atoms with Gasteiger partial charge in [-0.05, 0) is 18.3 Å². The van der Waals surface area contributed by atoms with E-state index in [1.165, 1.54) is 51.4 Å². The van der Waals surface area contributed by atoms with E-state index in [0.29, 0.717) is 12.5 Å². The van der Waals surface area contributed by atoms with Gasteiger partial charge in [-0.1, -0.05) is 65.7 Å². The van der Waals surface area contributed by atoms with Crippen molar-refractivity contribution in [3.63, 3.8) is 0 Å². The predicted octanol–water partition coefficient (Wildman–Crippen LogP) is 3.74. The number of hydrogen-bond donors (Lipinski definition) is 3. The third-order valence-corrected chi connectivity index (χ3v) is 3.26. The highest BCUT2D eigenvalue weighted by atomic mass is 32.3. The summed E-state index contributed by atoms with van der Waals surface area (Å²) in [7, 11) is -4.67. The van der Waals surface area contributed by atoms with Crippen LogP contribution in [-0.4, -0.2) is 29.2 Å². The third-order valence-electron chi connectivity index (χ3n) is 3.26. The molecule has 2 atom stereocenters. The molecule has 20 heavy (non-hydrogen) atoms. The monoisotopic (exact) mass is 312 g/mol. The van der Waals surface area contributed by atoms with Gasteiger partial charge in [-0.25, -0.2) is 0 Å². The molecule has 0 saturated heterocycles.